The largest absolute Gasteiger partial charge is 0.481 e. The van der Waals surface area contributed by atoms with Crippen molar-refractivity contribution in [1.29, 1.82) is 0 Å². The highest BCUT2D eigenvalue weighted by Crippen LogP contribution is 2.27. The number of anilines is 2. The normalized spacial score (nSPS) is 16.1. The van der Waals surface area contributed by atoms with Gasteiger partial charge in [0.05, 0.1) is 11.1 Å². The first kappa shape index (κ1) is 36.6. The van der Waals surface area contributed by atoms with Crippen molar-refractivity contribution in [2.24, 2.45) is 5.10 Å². The Labute approximate surface area is 288 Å². The molecular formula is C38H57ClN6O2. The van der Waals surface area contributed by atoms with Gasteiger partial charge in [-0.25, -0.2) is 10.4 Å². The molecule has 1 amide bonds. The van der Waals surface area contributed by atoms with Crippen molar-refractivity contribution in [1.82, 2.24) is 15.9 Å². The van der Waals surface area contributed by atoms with Gasteiger partial charge in [0.2, 0.25) is 0 Å². The molecule has 47 heavy (non-hydrogen) atoms. The van der Waals surface area contributed by atoms with Crippen LogP contribution in [0.25, 0.3) is 0 Å². The van der Waals surface area contributed by atoms with Crippen molar-refractivity contribution in [3.63, 3.8) is 0 Å². The molecule has 0 spiro atoms. The van der Waals surface area contributed by atoms with Crippen LogP contribution in [0.15, 0.2) is 64.5 Å². The van der Waals surface area contributed by atoms with Gasteiger partial charge < -0.3 is 15.4 Å². The monoisotopic (exact) mass is 664 g/mol. The Hall–Kier alpha value is -3.23. The predicted molar refractivity (Wildman–Crippen MR) is 197 cm³/mol. The Morgan fingerprint density at radius 3 is 2.17 bits per heavy atom. The smallest absolute Gasteiger partial charge is 0.265 e. The predicted octanol–water partition coefficient (Wildman–Crippen LogP) is 9.45. The standard InChI is InChI=1S/C38H57ClN6O2/c1-4-6-8-9-10-11-12-13-14-15-18-34(47-33-26-24-31(25-27-33)40-28-7-5-2)38(46)41-32-22-20-30(21-23-32)17-16-19-35-42-43-37-36(39)29(3)44-45(35)37/h20-27,29,34,40,43-44H,4-19,28H2,1-3H3,(H,41,46). The molecule has 0 aromatic heterocycles. The van der Waals surface area contributed by atoms with Gasteiger partial charge in [-0.05, 0) is 81.0 Å². The number of carbonyl (C=O) groups excluding carboxylic acids is 1. The third-order valence-electron chi connectivity index (χ3n) is 8.89. The van der Waals surface area contributed by atoms with Crippen LogP contribution in [-0.2, 0) is 11.2 Å². The number of amidine groups is 1. The Morgan fingerprint density at radius 2 is 1.49 bits per heavy atom. The second-order valence-electron chi connectivity index (χ2n) is 12.9. The maximum absolute atomic E-state index is 13.5. The van der Waals surface area contributed by atoms with Gasteiger partial charge >= 0.3 is 0 Å². The summed E-state index contributed by atoms with van der Waals surface area (Å²) in [4.78, 5) is 13.5. The Morgan fingerprint density at radius 1 is 0.851 bits per heavy atom. The first-order valence-electron chi connectivity index (χ1n) is 18.2. The van der Waals surface area contributed by atoms with Gasteiger partial charge in [0.1, 0.15) is 11.6 Å². The maximum atomic E-state index is 13.5. The third kappa shape index (κ3) is 12.1. The van der Waals surface area contributed by atoms with Gasteiger partial charge in [0.15, 0.2) is 11.9 Å². The first-order valence-corrected chi connectivity index (χ1v) is 18.5. The number of aryl methyl sites for hydroxylation is 1. The lowest BCUT2D eigenvalue weighted by Crippen LogP contribution is -2.38. The lowest BCUT2D eigenvalue weighted by molar-refractivity contribution is -0.123. The molecule has 0 saturated heterocycles. The molecule has 0 saturated carbocycles. The highest BCUT2D eigenvalue weighted by molar-refractivity contribution is 6.31. The van der Waals surface area contributed by atoms with Gasteiger partial charge in [-0.2, -0.15) is 5.10 Å². The number of nitrogens with zero attached hydrogens (tertiary/aromatic N) is 2. The number of nitrogens with one attached hydrogen (secondary N) is 4. The van der Waals surface area contributed by atoms with Gasteiger partial charge in [-0.1, -0.05) is 102 Å². The average molecular weight is 665 g/mol. The number of halogens is 1. The number of carbonyl (C=O) groups is 1. The van der Waals surface area contributed by atoms with Crippen LogP contribution in [0.1, 0.15) is 123 Å². The fourth-order valence-electron chi connectivity index (χ4n) is 5.98. The van der Waals surface area contributed by atoms with E-state index in [0.29, 0.717) is 6.42 Å². The van der Waals surface area contributed by atoms with Crippen LogP contribution in [-0.4, -0.2) is 35.4 Å². The number of fused-ring (bicyclic) bond motifs is 1. The Balaban J connectivity index is 1.24. The number of hydrogen-bond acceptors (Lipinski definition) is 7. The van der Waals surface area contributed by atoms with E-state index >= 15 is 0 Å². The minimum Gasteiger partial charge on any atom is -0.481 e. The molecule has 2 heterocycles. The van der Waals surface area contributed by atoms with E-state index in [-0.39, 0.29) is 11.9 Å². The van der Waals surface area contributed by atoms with E-state index in [1.54, 1.807) is 0 Å². The van der Waals surface area contributed by atoms with E-state index in [2.05, 4.69) is 52.6 Å². The second kappa shape index (κ2) is 20.2. The molecule has 2 atom stereocenters. The molecule has 2 aromatic carbocycles. The van der Waals surface area contributed by atoms with Crippen LogP contribution in [0.3, 0.4) is 0 Å². The van der Waals surface area contributed by atoms with Gasteiger partial charge in [-0.3, -0.25) is 10.2 Å². The minimum absolute atomic E-state index is 0.0884. The summed E-state index contributed by atoms with van der Waals surface area (Å²) in [6.45, 7) is 7.44. The molecular weight excluding hydrogens is 608 g/mol. The number of hydrazine groups is 1. The topological polar surface area (TPSA) is 90.0 Å². The molecule has 8 nitrogen and oxygen atoms in total. The van der Waals surface area contributed by atoms with E-state index in [0.717, 1.165) is 85.3 Å². The number of hydrazone groups is 1. The molecule has 2 aromatic rings. The van der Waals surface area contributed by atoms with Gasteiger partial charge in [0, 0.05) is 24.3 Å². The molecule has 0 aliphatic carbocycles. The van der Waals surface area contributed by atoms with Crippen LogP contribution in [0.5, 0.6) is 5.75 Å². The summed E-state index contributed by atoms with van der Waals surface area (Å²) < 4.78 is 6.30. The second-order valence-corrected chi connectivity index (χ2v) is 13.4. The van der Waals surface area contributed by atoms with Crippen molar-refractivity contribution in [3.05, 3.63) is 64.9 Å². The molecule has 4 N–H and O–H groups in total. The quantitative estimate of drug-likeness (QED) is 0.0885. The number of hydrogen-bond donors (Lipinski definition) is 4. The van der Waals surface area contributed by atoms with E-state index in [9.17, 15) is 4.79 Å². The number of benzene rings is 2. The molecule has 2 aliphatic heterocycles. The zero-order chi connectivity index (χ0) is 33.3. The fourth-order valence-corrected chi connectivity index (χ4v) is 6.16. The number of amides is 1. The summed E-state index contributed by atoms with van der Waals surface area (Å²) in [5.74, 6) is 2.41. The van der Waals surface area contributed by atoms with Crippen molar-refractivity contribution in [3.8, 4) is 5.75 Å². The van der Waals surface area contributed by atoms with Gasteiger partial charge in [-0.15, -0.1) is 0 Å². The van der Waals surface area contributed by atoms with Crippen molar-refractivity contribution < 1.29 is 9.53 Å². The molecule has 2 aliphatic rings. The van der Waals surface area contributed by atoms with Crippen molar-refractivity contribution >= 4 is 34.7 Å². The van der Waals surface area contributed by atoms with E-state index in [4.69, 9.17) is 16.3 Å². The number of rotatable bonds is 23. The average Bonchev–Trinajstić information content (AvgIpc) is 3.60. The van der Waals surface area contributed by atoms with E-state index in [1.807, 2.05) is 48.3 Å². The molecule has 4 rings (SSSR count). The molecule has 9 heteroatoms. The van der Waals surface area contributed by atoms with Crippen LogP contribution in [0, 0.1) is 0 Å². The van der Waals surface area contributed by atoms with E-state index in [1.165, 1.54) is 56.9 Å². The minimum atomic E-state index is -0.544. The Bertz CT molecular complexity index is 1280. The molecule has 2 unspecified atom stereocenters. The summed E-state index contributed by atoms with van der Waals surface area (Å²) in [6.07, 6.45) is 17.7. The summed E-state index contributed by atoms with van der Waals surface area (Å²) in [5.41, 5.74) is 9.45. The summed E-state index contributed by atoms with van der Waals surface area (Å²) in [6, 6.07) is 16.2. The third-order valence-corrected chi connectivity index (χ3v) is 9.40. The summed E-state index contributed by atoms with van der Waals surface area (Å²) >= 11 is 6.36. The van der Waals surface area contributed by atoms with E-state index < -0.39 is 6.10 Å². The zero-order valence-electron chi connectivity index (χ0n) is 28.9. The van der Waals surface area contributed by atoms with Crippen LogP contribution >= 0.6 is 11.6 Å². The highest BCUT2D eigenvalue weighted by Gasteiger charge is 2.33. The van der Waals surface area contributed by atoms with Gasteiger partial charge in [0.25, 0.3) is 5.91 Å². The highest BCUT2D eigenvalue weighted by atomic mass is 35.5. The van der Waals surface area contributed by atoms with Crippen LogP contribution < -0.4 is 26.2 Å². The molecule has 0 fully saturated rings. The fraction of sp³-hybridized carbons (Fsp3) is 0.579. The van der Waals surface area contributed by atoms with Crippen molar-refractivity contribution in [2.75, 3.05) is 17.2 Å². The zero-order valence-corrected chi connectivity index (χ0v) is 29.6. The molecule has 0 bridgehead atoms. The first-order chi connectivity index (χ1) is 23.0. The molecule has 0 radical (unpaired) electrons. The lowest BCUT2D eigenvalue weighted by atomic mass is 10.0. The molecule has 258 valence electrons. The summed E-state index contributed by atoms with van der Waals surface area (Å²) in [7, 11) is 0. The van der Waals surface area contributed by atoms with Crippen molar-refractivity contribution in [2.45, 2.75) is 136 Å². The Kier molecular flexibility index (Phi) is 15.7. The maximum Gasteiger partial charge on any atom is 0.265 e. The number of ether oxygens (including phenoxy) is 1. The lowest BCUT2D eigenvalue weighted by Gasteiger charge is -2.19. The van der Waals surface area contributed by atoms with Crippen LogP contribution in [0.4, 0.5) is 11.4 Å². The number of unbranched alkanes of at least 4 members (excludes halogenated alkanes) is 10. The van der Waals surface area contributed by atoms with Crippen LogP contribution in [0.2, 0.25) is 0 Å². The SMILES string of the molecule is CCCCCCCCCCCCC(Oc1ccc(NCCCC)cc1)C(=O)Nc1ccc(CCCC2=NNC3=C(Cl)C(C)NN23)cc1. The summed E-state index contributed by atoms with van der Waals surface area (Å²) in [5, 5.41) is 13.7.